The summed E-state index contributed by atoms with van der Waals surface area (Å²) in [6.45, 7) is 5.39. The zero-order valence-corrected chi connectivity index (χ0v) is 11.2. The highest BCUT2D eigenvalue weighted by Gasteiger charge is 2.12. The van der Waals surface area contributed by atoms with Crippen molar-refractivity contribution in [2.45, 2.75) is 32.6 Å². The molecule has 0 fully saturated rings. The second kappa shape index (κ2) is 7.27. The maximum Gasteiger partial charge on any atom is 0.124 e. The Morgan fingerprint density at radius 2 is 2.17 bits per heavy atom. The van der Waals surface area contributed by atoms with Crippen LogP contribution in [0.25, 0.3) is 0 Å². The summed E-state index contributed by atoms with van der Waals surface area (Å²) >= 11 is 0. The van der Waals surface area contributed by atoms with Crippen LogP contribution in [0.4, 0.5) is 5.69 Å². The third-order valence-electron chi connectivity index (χ3n) is 3.18. The molecule has 1 aromatic carbocycles. The molecule has 0 atom stereocenters. The molecule has 3 nitrogen and oxygen atoms in total. The Kier molecular flexibility index (Phi) is 5.34. The summed E-state index contributed by atoms with van der Waals surface area (Å²) in [4.78, 5) is 0. The zero-order chi connectivity index (χ0) is 12.6. The molecule has 0 radical (unpaired) electrons. The zero-order valence-electron chi connectivity index (χ0n) is 11.2. The lowest BCUT2D eigenvalue weighted by molar-refractivity contribution is 0.0977. The molecule has 1 heterocycles. The maximum atomic E-state index is 5.82. The van der Waals surface area contributed by atoms with Gasteiger partial charge in [-0.25, -0.2) is 0 Å². The van der Waals surface area contributed by atoms with Gasteiger partial charge in [0.15, 0.2) is 0 Å². The van der Waals surface area contributed by atoms with Crippen LogP contribution in [0.2, 0.25) is 0 Å². The highest BCUT2D eigenvalue weighted by molar-refractivity contribution is 5.58. The lowest BCUT2D eigenvalue weighted by atomic mass is 10.0. The van der Waals surface area contributed by atoms with Crippen LogP contribution in [-0.4, -0.2) is 26.4 Å². The third kappa shape index (κ3) is 3.64. The number of benzene rings is 1. The fourth-order valence-electron chi connectivity index (χ4n) is 2.17. The van der Waals surface area contributed by atoms with E-state index < -0.39 is 0 Å². The summed E-state index contributed by atoms with van der Waals surface area (Å²) in [5.74, 6) is 1.01. The molecule has 3 heteroatoms. The second-order valence-corrected chi connectivity index (χ2v) is 4.63. The molecule has 2 rings (SSSR count). The van der Waals surface area contributed by atoms with E-state index in [1.54, 1.807) is 0 Å². The van der Waals surface area contributed by atoms with Crippen LogP contribution < -0.4 is 10.1 Å². The molecule has 0 aromatic heterocycles. The molecule has 1 N–H and O–H groups in total. The number of hydrogen-bond donors (Lipinski definition) is 1. The molecule has 100 valence electrons. The van der Waals surface area contributed by atoms with Crippen molar-refractivity contribution in [1.29, 1.82) is 0 Å². The van der Waals surface area contributed by atoms with Crippen molar-refractivity contribution in [1.82, 2.24) is 0 Å². The predicted molar refractivity (Wildman–Crippen MR) is 74.5 cm³/mol. The number of ether oxygens (including phenoxy) is 2. The molecular weight excluding hydrogens is 226 g/mol. The van der Waals surface area contributed by atoms with E-state index >= 15 is 0 Å². The van der Waals surface area contributed by atoms with Gasteiger partial charge in [0.25, 0.3) is 0 Å². The smallest absolute Gasteiger partial charge is 0.124 e. The number of nitrogens with one attached hydrogen (secondary N) is 1. The first-order valence-corrected chi connectivity index (χ1v) is 6.98. The van der Waals surface area contributed by atoms with Gasteiger partial charge >= 0.3 is 0 Å². The van der Waals surface area contributed by atoms with E-state index in [1.165, 1.54) is 24.1 Å². The van der Waals surface area contributed by atoms with Crippen molar-refractivity contribution < 1.29 is 9.47 Å². The van der Waals surface area contributed by atoms with E-state index in [4.69, 9.17) is 9.47 Å². The van der Waals surface area contributed by atoms with Gasteiger partial charge in [-0.05, 0) is 31.4 Å². The average molecular weight is 249 g/mol. The van der Waals surface area contributed by atoms with Gasteiger partial charge < -0.3 is 14.8 Å². The largest absolute Gasteiger partial charge is 0.491 e. The molecule has 0 bridgehead atoms. The fourth-order valence-corrected chi connectivity index (χ4v) is 2.17. The van der Waals surface area contributed by atoms with Gasteiger partial charge in [0.1, 0.15) is 12.4 Å². The topological polar surface area (TPSA) is 30.5 Å². The SMILES string of the molecule is CCCCOCCOc1cccc2c1CCCN2. The van der Waals surface area contributed by atoms with E-state index in [-0.39, 0.29) is 0 Å². The summed E-state index contributed by atoms with van der Waals surface area (Å²) in [6, 6.07) is 6.22. The molecule has 0 spiro atoms. The van der Waals surface area contributed by atoms with Crippen LogP contribution in [0.5, 0.6) is 5.75 Å². The first kappa shape index (κ1) is 13.2. The molecule has 1 aromatic rings. The Morgan fingerprint density at radius 1 is 1.22 bits per heavy atom. The molecule has 0 unspecified atom stereocenters. The Labute approximate surface area is 109 Å². The molecule has 0 amide bonds. The van der Waals surface area contributed by atoms with Gasteiger partial charge in [-0.3, -0.25) is 0 Å². The first-order valence-electron chi connectivity index (χ1n) is 6.98. The first-order chi connectivity index (χ1) is 8.92. The summed E-state index contributed by atoms with van der Waals surface area (Å²) in [6.07, 6.45) is 4.60. The van der Waals surface area contributed by atoms with Crippen molar-refractivity contribution in [3.05, 3.63) is 23.8 Å². The predicted octanol–water partition coefficient (Wildman–Crippen LogP) is 3.24. The minimum atomic E-state index is 0.639. The number of rotatable bonds is 7. The van der Waals surface area contributed by atoms with Crippen LogP contribution in [0, 0.1) is 0 Å². The van der Waals surface area contributed by atoms with Gasteiger partial charge in [0.2, 0.25) is 0 Å². The summed E-state index contributed by atoms with van der Waals surface area (Å²) in [5, 5.41) is 3.41. The van der Waals surface area contributed by atoms with E-state index in [9.17, 15) is 0 Å². The van der Waals surface area contributed by atoms with Crippen LogP contribution in [0.15, 0.2) is 18.2 Å². The average Bonchev–Trinajstić information content (AvgIpc) is 2.43. The fraction of sp³-hybridized carbons (Fsp3) is 0.600. The third-order valence-corrected chi connectivity index (χ3v) is 3.18. The van der Waals surface area contributed by atoms with Crippen molar-refractivity contribution in [2.75, 3.05) is 31.7 Å². The maximum absolute atomic E-state index is 5.82. The van der Waals surface area contributed by atoms with Crippen LogP contribution >= 0.6 is 0 Å². The number of hydrogen-bond acceptors (Lipinski definition) is 3. The molecule has 0 saturated heterocycles. The summed E-state index contributed by atoms with van der Waals surface area (Å²) in [5.41, 5.74) is 2.54. The van der Waals surface area contributed by atoms with Gasteiger partial charge in [0.05, 0.1) is 6.61 Å². The monoisotopic (exact) mass is 249 g/mol. The van der Waals surface area contributed by atoms with E-state index in [2.05, 4.69) is 24.4 Å². The molecule has 0 saturated carbocycles. The standard InChI is InChI=1S/C15H23NO2/c1-2-3-10-17-11-12-18-15-8-4-7-14-13(15)6-5-9-16-14/h4,7-8,16H,2-3,5-6,9-12H2,1H3. The highest BCUT2D eigenvalue weighted by Crippen LogP contribution is 2.30. The van der Waals surface area contributed by atoms with Crippen molar-refractivity contribution >= 4 is 5.69 Å². The Bertz CT molecular complexity index is 366. The summed E-state index contributed by atoms with van der Waals surface area (Å²) in [7, 11) is 0. The molecule has 1 aliphatic heterocycles. The Hall–Kier alpha value is -1.22. The number of fused-ring (bicyclic) bond motifs is 1. The van der Waals surface area contributed by atoms with Gasteiger partial charge in [-0.1, -0.05) is 19.4 Å². The van der Waals surface area contributed by atoms with E-state index in [1.807, 2.05) is 6.07 Å². The quantitative estimate of drug-likeness (QED) is 0.752. The normalized spacial score (nSPS) is 13.8. The van der Waals surface area contributed by atoms with Crippen molar-refractivity contribution in [3.63, 3.8) is 0 Å². The molecular formula is C15H23NO2. The second-order valence-electron chi connectivity index (χ2n) is 4.63. The number of anilines is 1. The van der Waals surface area contributed by atoms with Gasteiger partial charge in [0, 0.05) is 24.4 Å². The van der Waals surface area contributed by atoms with Crippen molar-refractivity contribution in [2.24, 2.45) is 0 Å². The van der Waals surface area contributed by atoms with Crippen LogP contribution in [0.1, 0.15) is 31.7 Å². The molecule has 18 heavy (non-hydrogen) atoms. The van der Waals surface area contributed by atoms with E-state index in [0.29, 0.717) is 13.2 Å². The summed E-state index contributed by atoms with van der Waals surface area (Å²) < 4.78 is 11.3. The van der Waals surface area contributed by atoms with E-state index in [0.717, 1.165) is 31.7 Å². The lowest BCUT2D eigenvalue weighted by Gasteiger charge is -2.20. The number of unbranched alkanes of at least 4 members (excludes halogenated alkanes) is 1. The lowest BCUT2D eigenvalue weighted by Crippen LogP contribution is -2.14. The van der Waals surface area contributed by atoms with Gasteiger partial charge in [-0.15, -0.1) is 0 Å². The highest BCUT2D eigenvalue weighted by atomic mass is 16.5. The molecule has 1 aliphatic rings. The van der Waals surface area contributed by atoms with Crippen molar-refractivity contribution in [3.8, 4) is 5.75 Å². The minimum absolute atomic E-state index is 0.639. The van der Waals surface area contributed by atoms with Crippen LogP contribution in [-0.2, 0) is 11.2 Å². The minimum Gasteiger partial charge on any atom is -0.491 e. The van der Waals surface area contributed by atoms with Crippen LogP contribution in [0.3, 0.4) is 0 Å². The Morgan fingerprint density at radius 3 is 3.06 bits per heavy atom. The van der Waals surface area contributed by atoms with Gasteiger partial charge in [-0.2, -0.15) is 0 Å². The molecule has 0 aliphatic carbocycles. The Balaban J connectivity index is 1.79.